The molecule has 2 heteroatoms. The molecule has 0 radical (unpaired) electrons. The lowest BCUT2D eigenvalue weighted by Gasteiger charge is -2.05. The van der Waals surface area contributed by atoms with Crippen LogP contribution in [-0.2, 0) is 6.42 Å². The minimum atomic E-state index is 0.843. The van der Waals surface area contributed by atoms with Crippen molar-refractivity contribution in [3.05, 3.63) is 47.0 Å². The zero-order valence-electron chi connectivity index (χ0n) is 8.46. The molecule has 14 heavy (non-hydrogen) atoms. The smallest absolute Gasteiger partial charge is 0.0146 e. The maximum atomic E-state index is 5.40. The molecule has 0 saturated heterocycles. The van der Waals surface area contributed by atoms with Crippen molar-refractivity contribution >= 4 is 11.6 Å². The van der Waals surface area contributed by atoms with Gasteiger partial charge in [-0.1, -0.05) is 41.9 Å². The summed E-state index contributed by atoms with van der Waals surface area (Å²) < 4.78 is 0. The Labute approximate surface area is 90.8 Å². The minimum absolute atomic E-state index is 0.843. The molecule has 0 saturated carbocycles. The molecule has 1 aromatic carbocycles. The van der Waals surface area contributed by atoms with Gasteiger partial charge in [0.05, 0.1) is 0 Å². The first-order valence-corrected chi connectivity index (χ1v) is 5.28. The lowest BCUT2D eigenvalue weighted by molar-refractivity contribution is 0.743. The van der Waals surface area contributed by atoms with Crippen molar-refractivity contribution < 1.29 is 0 Å². The van der Waals surface area contributed by atoms with E-state index >= 15 is 0 Å². The monoisotopic (exact) mass is 209 g/mol. The Kier molecular flexibility index (Phi) is 5.35. The highest BCUT2D eigenvalue weighted by atomic mass is 35.5. The largest absolute Gasteiger partial charge is 0.313 e. The fourth-order valence-electron chi connectivity index (χ4n) is 1.34. The molecule has 0 aliphatic carbocycles. The molecule has 0 aromatic heterocycles. The second-order valence-electron chi connectivity index (χ2n) is 3.24. The summed E-state index contributed by atoms with van der Waals surface area (Å²) >= 11 is 5.40. The van der Waals surface area contributed by atoms with E-state index in [9.17, 15) is 0 Å². The van der Waals surface area contributed by atoms with E-state index < -0.39 is 0 Å². The van der Waals surface area contributed by atoms with E-state index in [4.69, 9.17) is 11.6 Å². The van der Waals surface area contributed by atoms with E-state index in [0.29, 0.717) is 0 Å². The van der Waals surface area contributed by atoms with Gasteiger partial charge in [-0.05, 0) is 31.0 Å². The zero-order valence-corrected chi connectivity index (χ0v) is 9.22. The third-order valence-electron chi connectivity index (χ3n) is 2.18. The average molecular weight is 210 g/mol. The second-order valence-corrected chi connectivity index (χ2v) is 3.49. The molecule has 1 aromatic rings. The molecule has 0 heterocycles. The number of nitrogens with one attached hydrogen (secondary N) is 1. The van der Waals surface area contributed by atoms with E-state index in [2.05, 4.69) is 36.5 Å². The van der Waals surface area contributed by atoms with Gasteiger partial charge < -0.3 is 5.32 Å². The van der Waals surface area contributed by atoms with Crippen LogP contribution >= 0.6 is 11.6 Å². The molecular weight excluding hydrogens is 194 g/mol. The van der Waals surface area contributed by atoms with Crippen LogP contribution in [0.1, 0.15) is 11.1 Å². The Bertz CT molecular complexity index is 294. The van der Waals surface area contributed by atoms with Gasteiger partial charge in [0.1, 0.15) is 0 Å². The van der Waals surface area contributed by atoms with Crippen molar-refractivity contribution in [1.29, 1.82) is 0 Å². The molecule has 0 unspecified atom stereocenters. The van der Waals surface area contributed by atoms with Crippen molar-refractivity contribution in [3.63, 3.8) is 0 Å². The van der Waals surface area contributed by atoms with Gasteiger partial charge in [0.2, 0.25) is 0 Å². The maximum Gasteiger partial charge on any atom is 0.0146 e. The molecule has 0 spiro atoms. The van der Waals surface area contributed by atoms with Gasteiger partial charge in [-0.25, -0.2) is 0 Å². The molecule has 0 atom stereocenters. The molecule has 0 amide bonds. The summed E-state index contributed by atoms with van der Waals surface area (Å²) in [6.07, 6.45) is 2.97. The molecule has 1 N–H and O–H groups in total. The summed E-state index contributed by atoms with van der Waals surface area (Å²) in [4.78, 5) is 0. The van der Waals surface area contributed by atoms with Gasteiger partial charge >= 0.3 is 0 Å². The fraction of sp³-hybridized carbons (Fsp3) is 0.333. The summed E-state index contributed by atoms with van der Waals surface area (Å²) in [7, 11) is 0. The standard InChI is InChI=1S/C12H16ClN/c1-11-5-2-3-6-12(11)7-10-14-9-4-8-13/h2-6,8,14H,7,9-10H2,1H3/b8-4+. The van der Waals surface area contributed by atoms with Gasteiger partial charge in [0.15, 0.2) is 0 Å². The predicted molar refractivity (Wildman–Crippen MR) is 62.7 cm³/mol. The molecule has 0 fully saturated rings. The molecular formula is C12H16ClN. The lowest BCUT2D eigenvalue weighted by Crippen LogP contribution is -2.17. The Balaban J connectivity index is 2.28. The second kappa shape index (κ2) is 6.63. The van der Waals surface area contributed by atoms with E-state index in [1.165, 1.54) is 11.1 Å². The van der Waals surface area contributed by atoms with E-state index in [-0.39, 0.29) is 0 Å². The van der Waals surface area contributed by atoms with Crippen LogP contribution < -0.4 is 5.32 Å². The highest BCUT2D eigenvalue weighted by Crippen LogP contribution is 2.06. The summed E-state index contributed by atoms with van der Waals surface area (Å²) in [5, 5.41) is 3.29. The number of halogens is 1. The van der Waals surface area contributed by atoms with Gasteiger partial charge in [-0.3, -0.25) is 0 Å². The molecule has 0 aliphatic heterocycles. The van der Waals surface area contributed by atoms with E-state index in [1.54, 1.807) is 5.54 Å². The number of aryl methyl sites for hydroxylation is 1. The SMILES string of the molecule is Cc1ccccc1CCNC/C=C/Cl. The van der Waals surface area contributed by atoms with Gasteiger partial charge in [-0.2, -0.15) is 0 Å². The van der Waals surface area contributed by atoms with Gasteiger partial charge in [0, 0.05) is 12.1 Å². The van der Waals surface area contributed by atoms with Crippen molar-refractivity contribution in [2.45, 2.75) is 13.3 Å². The van der Waals surface area contributed by atoms with Gasteiger partial charge in [0.25, 0.3) is 0 Å². The average Bonchev–Trinajstić information content (AvgIpc) is 2.20. The van der Waals surface area contributed by atoms with Crippen LogP contribution in [0.4, 0.5) is 0 Å². The number of hydrogen-bond acceptors (Lipinski definition) is 1. The van der Waals surface area contributed by atoms with Crippen LogP contribution in [0.3, 0.4) is 0 Å². The first-order valence-electron chi connectivity index (χ1n) is 4.85. The minimum Gasteiger partial charge on any atom is -0.313 e. The first kappa shape index (κ1) is 11.3. The highest BCUT2D eigenvalue weighted by molar-refractivity contribution is 6.25. The third kappa shape index (κ3) is 3.95. The quantitative estimate of drug-likeness (QED) is 0.736. The summed E-state index contributed by atoms with van der Waals surface area (Å²) in [5.41, 5.74) is 4.32. The van der Waals surface area contributed by atoms with Crippen molar-refractivity contribution in [2.24, 2.45) is 0 Å². The van der Waals surface area contributed by atoms with Crippen molar-refractivity contribution in [2.75, 3.05) is 13.1 Å². The summed E-state index contributed by atoms with van der Waals surface area (Å²) in [5.74, 6) is 0. The molecule has 1 rings (SSSR count). The number of benzene rings is 1. The predicted octanol–water partition coefficient (Wildman–Crippen LogP) is 2.88. The van der Waals surface area contributed by atoms with Crippen LogP contribution in [0.2, 0.25) is 0 Å². The zero-order chi connectivity index (χ0) is 10.2. The Hall–Kier alpha value is -0.790. The van der Waals surface area contributed by atoms with Crippen LogP contribution in [0.15, 0.2) is 35.9 Å². The summed E-state index contributed by atoms with van der Waals surface area (Å²) in [6.45, 7) is 3.98. The van der Waals surface area contributed by atoms with Crippen molar-refractivity contribution in [3.8, 4) is 0 Å². The van der Waals surface area contributed by atoms with Crippen LogP contribution in [-0.4, -0.2) is 13.1 Å². The number of rotatable bonds is 5. The molecule has 0 aliphatic rings. The van der Waals surface area contributed by atoms with Crippen LogP contribution in [0.25, 0.3) is 0 Å². The molecule has 76 valence electrons. The summed E-state index contributed by atoms with van der Waals surface area (Å²) in [6, 6.07) is 8.48. The van der Waals surface area contributed by atoms with Crippen LogP contribution in [0, 0.1) is 6.92 Å². The van der Waals surface area contributed by atoms with E-state index in [0.717, 1.165) is 19.5 Å². The topological polar surface area (TPSA) is 12.0 Å². The Morgan fingerprint density at radius 1 is 1.36 bits per heavy atom. The third-order valence-corrected chi connectivity index (χ3v) is 2.36. The van der Waals surface area contributed by atoms with Crippen LogP contribution in [0.5, 0.6) is 0 Å². The number of hydrogen-bond donors (Lipinski definition) is 1. The van der Waals surface area contributed by atoms with E-state index in [1.807, 2.05) is 6.08 Å². The highest BCUT2D eigenvalue weighted by Gasteiger charge is 1.94. The molecule has 0 bridgehead atoms. The molecule has 1 nitrogen and oxygen atoms in total. The van der Waals surface area contributed by atoms with Gasteiger partial charge in [-0.15, -0.1) is 0 Å². The maximum absolute atomic E-state index is 5.40. The fourth-order valence-corrected chi connectivity index (χ4v) is 1.43. The van der Waals surface area contributed by atoms with Crippen molar-refractivity contribution in [1.82, 2.24) is 5.32 Å². The normalized spacial score (nSPS) is 11.0. The lowest BCUT2D eigenvalue weighted by atomic mass is 10.1. The Morgan fingerprint density at radius 3 is 2.86 bits per heavy atom. The Morgan fingerprint density at radius 2 is 2.14 bits per heavy atom. The first-order chi connectivity index (χ1) is 6.84.